The van der Waals surface area contributed by atoms with Crippen LogP contribution in [0.3, 0.4) is 0 Å². The van der Waals surface area contributed by atoms with E-state index in [0.717, 1.165) is 59.4 Å². The van der Waals surface area contributed by atoms with Crippen LogP contribution in [0.5, 0.6) is 5.75 Å². The molecule has 1 aromatic heterocycles. The lowest BCUT2D eigenvalue weighted by atomic mass is 9.96. The van der Waals surface area contributed by atoms with Gasteiger partial charge in [0.15, 0.2) is 11.4 Å². The normalized spacial score (nSPS) is 13.5. The summed E-state index contributed by atoms with van der Waals surface area (Å²) in [6, 6.07) is 10.6. The molecule has 0 bridgehead atoms. The minimum Gasteiger partial charge on any atom is -0.481 e. The van der Waals surface area contributed by atoms with Crippen LogP contribution in [-0.4, -0.2) is 86.6 Å². The number of carbonyl (C=O) groups excluding carboxylic acids is 1. The Bertz CT molecular complexity index is 1460. The lowest BCUT2D eigenvalue weighted by Gasteiger charge is -2.20. The van der Waals surface area contributed by atoms with Crippen molar-refractivity contribution in [3.05, 3.63) is 62.2 Å². The molecule has 0 aliphatic rings. The number of fused-ring (bicyclic) bond motifs is 1. The van der Waals surface area contributed by atoms with E-state index in [1.54, 1.807) is 11.8 Å². The highest BCUT2D eigenvalue weighted by Gasteiger charge is 2.41. The van der Waals surface area contributed by atoms with Crippen molar-refractivity contribution in [1.29, 1.82) is 0 Å². The van der Waals surface area contributed by atoms with Gasteiger partial charge in [0.1, 0.15) is 5.52 Å². The summed E-state index contributed by atoms with van der Waals surface area (Å²) in [5.41, 5.74) is -1.19. The lowest BCUT2D eigenvalue weighted by Crippen LogP contribution is -2.43. The number of thiazole rings is 1. The number of hydrogen-bond donors (Lipinski definition) is 7. The maximum Gasteiger partial charge on any atom is 0.336 e. The first-order chi connectivity index (χ1) is 20.5. The SMILES string of the molecule is O=C(O)CC(O)(CC(=O)Oc1ccc([C@@H](O)CNCCSCCCNCCc2ccccc2Cl)c2sc(=O)[nH]c12)C(=O)O. The molecule has 12 nitrogen and oxygen atoms in total. The number of carboxylic acid groups (broad SMARTS) is 2. The van der Waals surface area contributed by atoms with E-state index >= 15 is 0 Å². The molecule has 1 unspecified atom stereocenters. The van der Waals surface area contributed by atoms with Gasteiger partial charge >= 0.3 is 22.8 Å². The Morgan fingerprint density at radius 3 is 2.53 bits per heavy atom. The van der Waals surface area contributed by atoms with E-state index in [9.17, 15) is 34.5 Å². The number of aliphatic hydroxyl groups is 2. The van der Waals surface area contributed by atoms with Crippen LogP contribution in [0.25, 0.3) is 10.2 Å². The second kappa shape index (κ2) is 16.8. The number of nitrogens with one attached hydrogen (secondary N) is 3. The van der Waals surface area contributed by atoms with E-state index in [1.165, 1.54) is 12.1 Å². The fourth-order valence-corrected chi connectivity index (χ4v) is 6.17. The number of carbonyl (C=O) groups is 3. The number of H-pyrrole nitrogens is 1. The Kier molecular flexibility index (Phi) is 13.4. The number of rotatable bonds is 19. The van der Waals surface area contributed by atoms with Gasteiger partial charge in [-0.2, -0.15) is 11.8 Å². The third kappa shape index (κ3) is 10.6. The number of aliphatic hydroxyl groups excluding tert-OH is 1. The Morgan fingerprint density at radius 1 is 1.05 bits per heavy atom. The summed E-state index contributed by atoms with van der Waals surface area (Å²) >= 11 is 8.77. The Morgan fingerprint density at radius 2 is 1.81 bits per heavy atom. The van der Waals surface area contributed by atoms with Crippen molar-refractivity contribution in [1.82, 2.24) is 15.6 Å². The summed E-state index contributed by atoms with van der Waals surface area (Å²) in [6.07, 6.45) is -1.41. The van der Waals surface area contributed by atoms with Gasteiger partial charge in [-0.15, -0.1) is 0 Å². The van der Waals surface area contributed by atoms with Crippen molar-refractivity contribution in [2.24, 2.45) is 0 Å². The molecule has 0 amide bonds. The Balaban J connectivity index is 1.41. The third-order valence-corrected chi connectivity index (χ3v) is 8.74. The van der Waals surface area contributed by atoms with Crippen LogP contribution in [0.4, 0.5) is 0 Å². The second-order valence-corrected chi connectivity index (χ2v) is 12.3. The number of aliphatic carboxylic acids is 2. The number of hydrogen-bond acceptors (Lipinski definition) is 11. The van der Waals surface area contributed by atoms with Crippen LogP contribution in [0.1, 0.15) is 36.5 Å². The van der Waals surface area contributed by atoms with Crippen LogP contribution in [0.15, 0.2) is 41.2 Å². The van der Waals surface area contributed by atoms with Crippen molar-refractivity contribution in [3.8, 4) is 5.75 Å². The van der Waals surface area contributed by atoms with E-state index < -0.39 is 47.3 Å². The van der Waals surface area contributed by atoms with Gasteiger partial charge in [0.05, 0.1) is 23.6 Å². The zero-order valence-corrected chi connectivity index (χ0v) is 25.5. The average Bonchev–Trinajstić information content (AvgIpc) is 3.33. The first kappa shape index (κ1) is 34.5. The molecule has 43 heavy (non-hydrogen) atoms. The molecule has 3 rings (SSSR count). The molecule has 3 aromatic rings. The predicted octanol–water partition coefficient (Wildman–Crippen LogP) is 2.41. The number of thioether (sulfide) groups is 1. The molecule has 2 atom stereocenters. The van der Waals surface area contributed by atoms with E-state index in [2.05, 4.69) is 15.6 Å². The van der Waals surface area contributed by atoms with Gasteiger partial charge < -0.3 is 40.8 Å². The minimum atomic E-state index is -2.86. The van der Waals surface area contributed by atoms with Gasteiger partial charge in [-0.25, -0.2) is 4.79 Å². The molecule has 0 saturated heterocycles. The lowest BCUT2D eigenvalue weighted by molar-refractivity contribution is -0.169. The summed E-state index contributed by atoms with van der Waals surface area (Å²) in [5.74, 6) is -3.00. The van der Waals surface area contributed by atoms with Crippen molar-refractivity contribution in [3.63, 3.8) is 0 Å². The number of carboxylic acids is 2. The largest absolute Gasteiger partial charge is 0.481 e. The number of esters is 1. The van der Waals surface area contributed by atoms with Gasteiger partial charge in [-0.1, -0.05) is 47.2 Å². The third-order valence-electron chi connectivity index (χ3n) is 6.37. The predicted molar refractivity (Wildman–Crippen MR) is 165 cm³/mol. The van der Waals surface area contributed by atoms with Crippen LogP contribution >= 0.6 is 34.7 Å². The van der Waals surface area contributed by atoms with Crippen LogP contribution in [0, 0.1) is 0 Å². The fourth-order valence-electron chi connectivity index (χ4n) is 4.18. The molecular formula is C28H34ClN3O9S2. The van der Waals surface area contributed by atoms with E-state index in [1.807, 2.05) is 24.3 Å². The zero-order chi connectivity index (χ0) is 31.4. The zero-order valence-electron chi connectivity index (χ0n) is 23.1. The average molecular weight is 656 g/mol. The van der Waals surface area contributed by atoms with Crippen LogP contribution in [-0.2, 0) is 20.8 Å². The van der Waals surface area contributed by atoms with Crippen LogP contribution in [0.2, 0.25) is 5.02 Å². The smallest absolute Gasteiger partial charge is 0.336 e. The summed E-state index contributed by atoms with van der Waals surface area (Å²) < 4.78 is 5.51. The molecule has 0 radical (unpaired) electrons. The number of aromatic nitrogens is 1. The number of ether oxygens (including phenoxy) is 1. The van der Waals surface area contributed by atoms with E-state index in [4.69, 9.17) is 21.4 Å². The first-order valence-electron chi connectivity index (χ1n) is 13.4. The van der Waals surface area contributed by atoms with E-state index in [-0.39, 0.29) is 17.8 Å². The van der Waals surface area contributed by atoms with Crippen molar-refractivity contribution in [2.45, 2.75) is 37.4 Å². The Hall–Kier alpha value is -2.98. The van der Waals surface area contributed by atoms with Crippen LogP contribution < -0.4 is 20.2 Å². The maximum atomic E-state index is 12.4. The molecule has 0 aliphatic heterocycles. The Labute approximate surface area is 260 Å². The minimum absolute atomic E-state index is 0.119. The summed E-state index contributed by atoms with van der Waals surface area (Å²) in [6.45, 7) is 2.65. The molecule has 0 saturated carbocycles. The topological polar surface area (TPSA) is 198 Å². The molecule has 7 N–H and O–H groups in total. The molecule has 234 valence electrons. The summed E-state index contributed by atoms with van der Waals surface area (Å²) in [5, 5.41) is 46.3. The highest BCUT2D eigenvalue weighted by Crippen LogP contribution is 2.33. The van der Waals surface area contributed by atoms with Gasteiger partial charge in [0, 0.05) is 29.4 Å². The molecule has 1 heterocycles. The van der Waals surface area contributed by atoms with Gasteiger partial charge in [-0.05, 0) is 49.4 Å². The monoisotopic (exact) mass is 655 g/mol. The quantitative estimate of drug-likeness (QED) is 0.0566. The highest BCUT2D eigenvalue weighted by atomic mass is 35.5. The maximum absolute atomic E-state index is 12.4. The summed E-state index contributed by atoms with van der Waals surface area (Å²) in [4.78, 5) is 48.8. The molecule has 15 heteroatoms. The molecular weight excluding hydrogens is 622 g/mol. The van der Waals surface area contributed by atoms with Crippen molar-refractivity contribution in [2.75, 3.05) is 37.7 Å². The number of halogens is 1. The van der Waals surface area contributed by atoms with Gasteiger partial charge in [0.2, 0.25) is 0 Å². The number of aromatic amines is 1. The van der Waals surface area contributed by atoms with Crippen molar-refractivity contribution < 1.29 is 39.5 Å². The van der Waals surface area contributed by atoms with E-state index in [0.29, 0.717) is 16.8 Å². The summed E-state index contributed by atoms with van der Waals surface area (Å²) in [7, 11) is 0. The van der Waals surface area contributed by atoms with Crippen molar-refractivity contribution >= 4 is 62.8 Å². The fraction of sp³-hybridized carbons (Fsp3) is 0.429. The molecule has 0 aliphatic carbocycles. The van der Waals surface area contributed by atoms with Gasteiger partial charge in [0.25, 0.3) is 0 Å². The molecule has 2 aromatic carbocycles. The number of benzene rings is 2. The first-order valence-corrected chi connectivity index (χ1v) is 15.8. The second-order valence-electron chi connectivity index (χ2n) is 9.71. The van der Waals surface area contributed by atoms with Gasteiger partial charge in [-0.3, -0.25) is 14.4 Å². The standard InChI is InChI=1S/C28H34ClN3O9S2/c29-19-5-2-1-4-17(19)8-10-30-9-3-12-42-13-11-31-16-20(33)18-6-7-21(24-25(18)43-27(39)32-24)41-23(36)15-28(40,26(37)38)14-22(34)35/h1-2,4-7,20,30-31,33,40H,3,8-16H2,(H,32,39)(H,34,35)(H,37,38)/t20-,28?/m0/s1. The highest BCUT2D eigenvalue weighted by molar-refractivity contribution is 7.99. The molecule has 0 spiro atoms. The molecule has 0 fully saturated rings.